The number of amides is 1. The third-order valence-electron chi connectivity index (χ3n) is 1.12. The topological polar surface area (TPSA) is 46.3 Å². The zero-order chi connectivity index (χ0) is 9.02. The van der Waals surface area contributed by atoms with Crippen molar-refractivity contribution in [2.75, 3.05) is 14.1 Å². The number of carbonyl (C=O) groups is 1. The molecule has 0 aliphatic rings. The largest absolute Gasteiger partial charge is 0.373 e. The Morgan fingerprint density at radius 3 is 2.09 bits per heavy atom. The summed E-state index contributed by atoms with van der Waals surface area (Å²) >= 11 is 0. The van der Waals surface area contributed by atoms with E-state index in [4.69, 9.17) is 5.73 Å². The van der Waals surface area contributed by atoms with E-state index in [0.717, 1.165) is 5.57 Å². The Hall–Kier alpha value is -1.25. The van der Waals surface area contributed by atoms with Gasteiger partial charge in [0, 0.05) is 14.1 Å². The van der Waals surface area contributed by atoms with E-state index in [-0.39, 0.29) is 0 Å². The van der Waals surface area contributed by atoms with Gasteiger partial charge in [-0.1, -0.05) is 12.2 Å². The maximum atomic E-state index is 10.7. The SMILES string of the molecule is C=C(C)/C=C(/C(N)=O)N(C)C. The highest BCUT2D eigenvalue weighted by molar-refractivity contribution is 5.91. The van der Waals surface area contributed by atoms with Crippen molar-refractivity contribution < 1.29 is 4.79 Å². The van der Waals surface area contributed by atoms with Crippen molar-refractivity contribution in [3.63, 3.8) is 0 Å². The molecule has 0 bridgehead atoms. The second-order valence-corrected chi connectivity index (χ2v) is 2.63. The monoisotopic (exact) mass is 154 g/mol. The number of nitrogens with two attached hydrogens (primary N) is 1. The fraction of sp³-hybridized carbons (Fsp3) is 0.375. The van der Waals surface area contributed by atoms with Crippen LogP contribution in [0.3, 0.4) is 0 Å². The standard InChI is InChI=1S/C8H14N2O/c1-6(2)5-7(8(9)11)10(3)4/h5H,1H2,2-4H3,(H2,9,11)/b7-5-. The highest BCUT2D eigenvalue weighted by Gasteiger charge is 2.05. The molecule has 11 heavy (non-hydrogen) atoms. The lowest BCUT2D eigenvalue weighted by Gasteiger charge is -2.13. The molecular formula is C8H14N2O. The first-order valence-electron chi connectivity index (χ1n) is 3.29. The van der Waals surface area contributed by atoms with Gasteiger partial charge in [0.1, 0.15) is 5.70 Å². The molecule has 0 heterocycles. The average molecular weight is 154 g/mol. The summed E-state index contributed by atoms with van der Waals surface area (Å²) in [5.41, 5.74) is 6.38. The van der Waals surface area contributed by atoms with Crippen molar-refractivity contribution >= 4 is 5.91 Å². The fourth-order valence-electron chi connectivity index (χ4n) is 0.654. The predicted molar refractivity (Wildman–Crippen MR) is 45.8 cm³/mol. The van der Waals surface area contributed by atoms with Crippen molar-refractivity contribution in [1.82, 2.24) is 4.90 Å². The lowest BCUT2D eigenvalue weighted by atomic mass is 10.2. The summed E-state index contributed by atoms with van der Waals surface area (Å²) in [6, 6.07) is 0. The molecule has 0 aliphatic heterocycles. The molecule has 0 spiro atoms. The number of nitrogens with zero attached hydrogens (tertiary/aromatic N) is 1. The van der Waals surface area contributed by atoms with Gasteiger partial charge in [-0.15, -0.1) is 0 Å². The summed E-state index contributed by atoms with van der Waals surface area (Å²) < 4.78 is 0. The van der Waals surface area contributed by atoms with Crippen LogP contribution in [0.1, 0.15) is 6.92 Å². The molecule has 0 radical (unpaired) electrons. The molecule has 1 amide bonds. The number of primary amides is 1. The summed E-state index contributed by atoms with van der Waals surface area (Å²) in [7, 11) is 3.53. The van der Waals surface area contributed by atoms with E-state index in [1.54, 1.807) is 25.1 Å². The molecule has 0 aromatic rings. The van der Waals surface area contributed by atoms with Gasteiger partial charge in [-0.05, 0) is 13.0 Å². The molecule has 0 aromatic carbocycles. The molecule has 2 N–H and O–H groups in total. The number of hydrogen-bond acceptors (Lipinski definition) is 2. The fourth-order valence-corrected chi connectivity index (χ4v) is 0.654. The van der Waals surface area contributed by atoms with Crippen molar-refractivity contribution in [3.05, 3.63) is 23.9 Å². The maximum Gasteiger partial charge on any atom is 0.264 e. The van der Waals surface area contributed by atoms with Gasteiger partial charge in [-0.25, -0.2) is 0 Å². The van der Waals surface area contributed by atoms with E-state index >= 15 is 0 Å². The van der Waals surface area contributed by atoms with Gasteiger partial charge >= 0.3 is 0 Å². The van der Waals surface area contributed by atoms with E-state index in [1.807, 2.05) is 6.92 Å². The Morgan fingerprint density at radius 1 is 1.55 bits per heavy atom. The van der Waals surface area contributed by atoms with Gasteiger partial charge in [0.25, 0.3) is 5.91 Å². The van der Waals surface area contributed by atoms with Crippen LogP contribution in [0.25, 0.3) is 0 Å². The number of carbonyl (C=O) groups excluding carboxylic acids is 1. The Kier molecular flexibility index (Phi) is 3.37. The van der Waals surface area contributed by atoms with Crippen molar-refractivity contribution in [2.45, 2.75) is 6.92 Å². The minimum Gasteiger partial charge on any atom is -0.373 e. The van der Waals surface area contributed by atoms with E-state index < -0.39 is 5.91 Å². The predicted octanol–water partition coefficient (Wildman–Crippen LogP) is 0.493. The number of likely N-dealkylation sites (N-methyl/N-ethyl adjacent to an activating group) is 1. The van der Waals surface area contributed by atoms with E-state index in [2.05, 4.69) is 6.58 Å². The van der Waals surface area contributed by atoms with Crippen LogP contribution in [0.2, 0.25) is 0 Å². The third kappa shape index (κ3) is 3.45. The van der Waals surface area contributed by atoms with Gasteiger partial charge in [0.2, 0.25) is 0 Å². The second kappa shape index (κ2) is 3.81. The van der Waals surface area contributed by atoms with Crippen LogP contribution in [0, 0.1) is 0 Å². The molecule has 0 saturated heterocycles. The minimum atomic E-state index is -0.432. The Bertz CT molecular complexity index is 204. The molecule has 0 saturated carbocycles. The van der Waals surface area contributed by atoms with E-state index in [0.29, 0.717) is 5.70 Å². The normalized spacial score (nSPS) is 11.0. The van der Waals surface area contributed by atoms with Gasteiger partial charge in [0.05, 0.1) is 0 Å². The molecule has 0 fully saturated rings. The summed E-state index contributed by atoms with van der Waals surface area (Å²) in [6.45, 7) is 5.46. The van der Waals surface area contributed by atoms with Crippen LogP contribution in [0.5, 0.6) is 0 Å². The molecule has 0 aromatic heterocycles. The van der Waals surface area contributed by atoms with Crippen LogP contribution in [0.15, 0.2) is 23.9 Å². The molecule has 0 atom stereocenters. The first kappa shape index (κ1) is 9.75. The van der Waals surface area contributed by atoms with Gasteiger partial charge in [-0.2, -0.15) is 0 Å². The van der Waals surface area contributed by atoms with E-state index in [1.165, 1.54) is 0 Å². The number of hydrogen-bond donors (Lipinski definition) is 1. The number of allylic oxidation sites excluding steroid dienone is 2. The minimum absolute atomic E-state index is 0.432. The quantitative estimate of drug-likeness (QED) is 0.475. The number of rotatable bonds is 3. The van der Waals surface area contributed by atoms with Crippen molar-refractivity contribution in [1.29, 1.82) is 0 Å². The molecule has 62 valence electrons. The summed E-state index contributed by atoms with van der Waals surface area (Å²) in [6.07, 6.45) is 1.66. The second-order valence-electron chi connectivity index (χ2n) is 2.63. The summed E-state index contributed by atoms with van der Waals surface area (Å²) in [5.74, 6) is -0.432. The van der Waals surface area contributed by atoms with Crippen LogP contribution in [-0.4, -0.2) is 24.9 Å². The lowest BCUT2D eigenvalue weighted by Crippen LogP contribution is -2.25. The molecule has 3 heteroatoms. The zero-order valence-electron chi connectivity index (χ0n) is 7.22. The molecule has 3 nitrogen and oxygen atoms in total. The van der Waals surface area contributed by atoms with Crippen LogP contribution in [-0.2, 0) is 4.79 Å². The summed E-state index contributed by atoms with van der Waals surface area (Å²) in [4.78, 5) is 12.4. The van der Waals surface area contributed by atoms with Gasteiger partial charge in [-0.3, -0.25) is 4.79 Å². The molecule has 0 rings (SSSR count). The molecule has 0 unspecified atom stereocenters. The van der Waals surface area contributed by atoms with Gasteiger partial charge in [0.15, 0.2) is 0 Å². The smallest absolute Gasteiger partial charge is 0.264 e. The summed E-state index contributed by atoms with van der Waals surface area (Å²) in [5, 5.41) is 0. The van der Waals surface area contributed by atoms with Crippen LogP contribution < -0.4 is 5.73 Å². The van der Waals surface area contributed by atoms with Crippen LogP contribution in [0.4, 0.5) is 0 Å². The van der Waals surface area contributed by atoms with Crippen molar-refractivity contribution in [2.24, 2.45) is 5.73 Å². The first-order chi connectivity index (χ1) is 4.95. The van der Waals surface area contributed by atoms with E-state index in [9.17, 15) is 4.79 Å². The van der Waals surface area contributed by atoms with Gasteiger partial charge < -0.3 is 10.6 Å². The lowest BCUT2D eigenvalue weighted by molar-refractivity contribution is -0.115. The average Bonchev–Trinajstić information content (AvgIpc) is 1.81. The Balaban J connectivity index is 4.60. The van der Waals surface area contributed by atoms with Crippen LogP contribution >= 0.6 is 0 Å². The first-order valence-corrected chi connectivity index (χ1v) is 3.29. The Labute approximate surface area is 67.2 Å². The Morgan fingerprint density at radius 2 is 2.00 bits per heavy atom. The zero-order valence-corrected chi connectivity index (χ0v) is 7.22. The highest BCUT2D eigenvalue weighted by atomic mass is 16.1. The van der Waals surface area contributed by atoms with Crippen molar-refractivity contribution in [3.8, 4) is 0 Å². The highest BCUT2D eigenvalue weighted by Crippen LogP contribution is 2.01. The maximum absolute atomic E-state index is 10.7. The molecule has 0 aliphatic carbocycles. The third-order valence-corrected chi connectivity index (χ3v) is 1.12. The molecular weight excluding hydrogens is 140 g/mol.